The normalized spacial score (nSPS) is 8.50. The average molecular weight is 234 g/mol. The van der Waals surface area contributed by atoms with E-state index in [1.54, 1.807) is 0 Å². The fraction of sp³-hybridized carbons (Fsp3) is 0. The summed E-state index contributed by atoms with van der Waals surface area (Å²) in [5.74, 6) is -4.30. The molecule has 0 unspecified atom stereocenters. The van der Waals surface area contributed by atoms with Gasteiger partial charge in [-0.05, 0) is 12.1 Å². The van der Waals surface area contributed by atoms with Crippen LogP contribution in [0.1, 0.15) is 20.7 Å². The molecule has 0 amide bonds. The van der Waals surface area contributed by atoms with Crippen LogP contribution in [0, 0.1) is 0 Å². The summed E-state index contributed by atoms with van der Waals surface area (Å²) in [6, 6.07) is 1.36. The maximum absolute atomic E-state index is 10.4. The highest BCUT2D eigenvalue weighted by molar-refractivity contribution is 5.96. The van der Waals surface area contributed by atoms with Crippen LogP contribution in [0.3, 0.4) is 0 Å². The Hall–Kier alpha value is -2.32. The number of hydrogen-bond donors (Lipinski definition) is 4. The first kappa shape index (κ1) is 16.1. The molecule has 1 aromatic rings. The highest BCUT2D eigenvalue weighted by Crippen LogP contribution is 2.27. The highest BCUT2D eigenvalue weighted by Gasteiger charge is 2.17. The van der Waals surface area contributed by atoms with Crippen molar-refractivity contribution in [3.8, 4) is 11.5 Å². The van der Waals surface area contributed by atoms with E-state index < -0.39 is 34.6 Å². The standard InChI is InChI=1S/C8H6O6.2H2O/c9-5-1-3(7(11)12)6(10)2-4(5)8(13)14;;/h1-2,9-10H,(H,11,12)(H,13,14);2*1H2. The maximum Gasteiger partial charge on any atom is 0.339 e. The molecule has 0 aliphatic rings. The third-order valence-corrected chi connectivity index (χ3v) is 1.57. The van der Waals surface area contributed by atoms with Gasteiger partial charge in [0.15, 0.2) is 0 Å². The summed E-state index contributed by atoms with van der Waals surface area (Å²) in [4.78, 5) is 20.9. The monoisotopic (exact) mass is 234 g/mol. The van der Waals surface area contributed by atoms with E-state index in [0.717, 1.165) is 0 Å². The Morgan fingerprint density at radius 1 is 0.812 bits per heavy atom. The number of aromatic carboxylic acids is 2. The van der Waals surface area contributed by atoms with Crippen LogP contribution in [0.15, 0.2) is 12.1 Å². The van der Waals surface area contributed by atoms with Crippen LogP contribution in [-0.4, -0.2) is 43.3 Å². The molecule has 0 fully saturated rings. The van der Waals surface area contributed by atoms with Gasteiger partial charge in [0.05, 0.1) is 0 Å². The van der Waals surface area contributed by atoms with Crippen LogP contribution < -0.4 is 0 Å². The molecular weight excluding hydrogens is 224 g/mol. The Morgan fingerprint density at radius 3 is 1.25 bits per heavy atom. The molecule has 0 bridgehead atoms. The molecule has 0 aliphatic carbocycles. The van der Waals surface area contributed by atoms with Gasteiger partial charge in [0, 0.05) is 0 Å². The molecule has 0 radical (unpaired) electrons. The number of carboxylic acid groups (broad SMARTS) is 2. The molecular formula is C8H10O8. The summed E-state index contributed by atoms with van der Waals surface area (Å²) < 4.78 is 0. The first-order chi connectivity index (χ1) is 6.43. The number of phenols is 2. The van der Waals surface area contributed by atoms with Crippen molar-refractivity contribution >= 4 is 11.9 Å². The molecule has 0 heterocycles. The number of rotatable bonds is 2. The lowest BCUT2D eigenvalue weighted by Gasteiger charge is -2.03. The lowest BCUT2D eigenvalue weighted by Crippen LogP contribution is -2.01. The van der Waals surface area contributed by atoms with Gasteiger partial charge in [-0.2, -0.15) is 0 Å². The summed E-state index contributed by atoms with van der Waals surface area (Å²) in [5.41, 5.74) is -1.10. The molecule has 0 aliphatic heterocycles. The summed E-state index contributed by atoms with van der Waals surface area (Å²) in [6.45, 7) is 0. The molecule has 8 nitrogen and oxygen atoms in total. The van der Waals surface area contributed by atoms with Crippen molar-refractivity contribution < 1.29 is 41.0 Å². The summed E-state index contributed by atoms with van der Waals surface area (Å²) in [6.07, 6.45) is 0. The molecule has 1 aromatic carbocycles. The molecule has 1 rings (SSSR count). The Bertz CT molecular complexity index is 371. The fourth-order valence-corrected chi connectivity index (χ4v) is 0.919. The minimum atomic E-state index is -1.45. The zero-order valence-electron chi connectivity index (χ0n) is 7.76. The van der Waals surface area contributed by atoms with Gasteiger partial charge in [-0.3, -0.25) is 0 Å². The largest absolute Gasteiger partial charge is 0.507 e. The lowest BCUT2D eigenvalue weighted by atomic mass is 10.1. The fourth-order valence-electron chi connectivity index (χ4n) is 0.919. The van der Waals surface area contributed by atoms with Gasteiger partial charge < -0.3 is 31.4 Å². The highest BCUT2D eigenvalue weighted by atomic mass is 16.4. The van der Waals surface area contributed by atoms with Crippen LogP contribution >= 0.6 is 0 Å². The third-order valence-electron chi connectivity index (χ3n) is 1.57. The van der Waals surface area contributed by atoms with E-state index >= 15 is 0 Å². The lowest BCUT2D eigenvalue weighted by molar-refractivity contribution is 0.0675. The van der Waals surface area contributed by atoms with Gasteiger partial charge in [0.1, 0.15) is 22.6 Å². The van der Waals surface area contributed by atoms with Gasteiger partial charge in [0.2, 0.25) is 0 Å². The quantitative estimate of drug-likeness (QED) is 0.468. The Balaban J connectivity index is 0. The van der Waals surface area contributed by atoms with E-state index in [0.29, 0.717) is 12.1 Å². The molecule has 0 atom stereocenters. The SMILES string of the molecule is O.O.O=C(O)c1cc(O)c(C(=O)O)cc1O. The van der Waals surface area contributed by atoms with E-state index in [-0.39, 0.29) is 11.0 Å². The maximum atomic E-state index is 10.4. The predicted octanol–water partition coefficient (Wildman–Crippen LogP) is -1.16. The zero-order chi connectivity index (χ0) is 10.9. The van der Waals surface area contributed by atoms with Crippen molar-refractivity contribution in [2.24, 2.45) is 0 Å². The van der Waals surface area contributed by atoms with Crippen molar-refractivity contribution in [3.05, 3.63) is 23.3 Å². The van der Waals surface area contributed by atoms with E-state index in [1.165, 1.54) is 0 Å². The summed E-state index contributed by atoms with van der Waals surface area (Å²) in [5, 5.41) is 35.2. The molecule has 0 saturated heterocycles. The van der Waals surface area contributed by atoms with Crippen molar-refractivity contribution in [3.63, 3.8) is 0 Å². The molecule has 0 aromatic heterocycles. The molecule has 16 heavy (non-hydrogen) atoms. The molecule has 0 spiro atoms. The topological polar surface area (TPSA) is 178 Å². The van der Waals surface area contributed by atoms with E-state index in [4.69, 9.17) is 20.4 Å². The summed E-state index contributed by atoms with van der Waals surface area (Å²) >= 11 is 0. The van der Waals surface area contributed by atoms with Crippen molar-refractivity contribution in [2.45, 2.75) is 0 Å². The van der Waals surface area contributed by atoms with Crippen LogP contribution in [0.2, 0.25) is 0 Å². The summed E-state index contributed by atoms with van der Waals surface area (Å²) in [7, 11) is 0. The minimum Gasteiger partial charge on any atom is -0.507 e. The second-order valence-corrected chi connectivity index (χ2v) is 2.50. The number of benzene rings is 1. The van der Waals surface area contributed by atoms with Gasteiger partial charge in [0.25, 0.3) is 0 Å². The van der Waals surface area contributed by atoms with Crippen LogP contribution in [-0.2, 0) is 0 Å². The second-order valence-electron chi connectivity index (χ2n) is 2.50. The molecule has 90 valence electrons. The van der Waals surface area contributed by atoms with Gasteiger partial charge in [-0.1, -0.05) is 0 Å². The van der Waals surface area contributed by atoms with Crippen molar-refractivity contribution in [1.29, 1.82) is 0 Å². The number of hydrogen-bond acceptors (Lipinski definition) is 4. The van der Waals surface area contributed by atoms with Crippen LogP contribution in [0.25, 0.3) is 0 Å². The second kappa shape index (κ2) is 5.53. The van der Waals surface area contributed by atoms with Crippen LogP contribution in [0.4, 0.5) is 0 Å². The number of aromatic hydroxyl groups is 2. The molecule has 0 saturated carbocycles. The van der Waals surface area contributed by atoms with Crippen molar-refractivity contribution in [1.82, 2.24) is 0 Å². The van der Waals surface area contributed by atoms with E-state index in [2.05, 4.69) is 0 Å². The number of carbonyl (C=O) groups is 2. The van der Waals surface area contributed by atoms with Gasteiger partial charge in [-0.25, -0.2) is 9.59 Å². The first-order valence-corrected chi connectivity index (χ1v) is 3.46. The Labute approximate surface area is 88.6 Å². The minimum absolute atomic E-state index is 0. The Morgan fingerprint density at radius 2 is 1.06 bits per heavy atom. The average Bonchev–Trinajstić information content (AvgIpc) is 2.07. The zero-order valence-corrected chi connectivity index (χ0v) is 7.76. The first-order valence-electron chi connectivity index (χ1n) is 3.46. The van der Waals surface area contributed by atoms with Gasteiger partial charge in [-0.15, -0.1) is 0 Å². The number of carboxylic acids is 2. The molecule has 8 N–H and O–H groups in total. The smallest absolute Gasteiger partial charge is 0.339 e. The van der Waals surface area contributed by atoms with Crippen LogP contribution in [0.5, 0.6) is 11.5 Å². The van der Waals surface area contributed by atoms with Crippen molar-refractivity contribution in [2.75, 3.05) is 0 Å². The molecule has 8 heteroatoms. The van der Waals surface area contributed by atoms with E-state index in [9.17, 15) is 9.59 Å². The predicted molar refractivity (Wildman–Crippen MR) is 50.9 cm³/mol. The van der Waals surface area contributed by atoms with E-state index in [1.807, 2.05) is 0 Å². The third kappa shape index (κ3) is 2.83. The van der Waals surface area contributed by atoms with Gasteiger partial charge >= 0.3 is 11.9 Å². The Kier molecular flexibility index (Phi) is 5.58.